The van der Waals surface area contributed by atoms with Crippen molar-refractivity contribution in [2.45, 2.75) is 26.1 Å². The van der Waals surface area contributed by atoms with E-state index in [4.69, 9.17) is 32.7 Å². The van der Waals surface area contributed by atoms with Gasteiger partial charge in [-0.05, 0) is 70.9 Å². The summed E-state index contributed by atoms with van der Waals surface area (Å²) in [6, 6.07) is 13.5. The summed E-state index contributed by atoms with van der Waals surface area (Å²) in [5.74, 6) is 0.552. The Hall–Kier alpha value is -3.32. The minimum absolute atomic E-state index is 0.0784. The summed E-state index contributed by atoms with van der Waals surface area (Å²) in [6.07, 6.45) is -3.08. The maximum atomic E-state index is 13.0. The van der Waals surface area contributed by atoms with E-state index in [2.05, 4.69) is 36.8 Å². The maximum Gasteiger partial charge on any atom is 0.416 e. The number of halogens is 6. The van der Waals surface area contributed by atoms with E-state index in [0.717, 1.165) is 17.7 Å². The molecule has 4 rings (SSSR count). The molecule has 7 nitrogen and oxygen atoms in total. The Bertz CT molecular complexity index is 1600. The summed E-state index contributed by atoms with van der Waals surface area (Å²) < 4.78 is 51.2. The Balaban J connectivity index is 1.35. The first-order valence-corrected chi connectivity index (χ1v) is 14.7. The number of thiazole rings is 1. The molecule has 1 aromatic heterocycles. The molecule has 0 saturated heterocycles. The molecule has 2 N–H and O–H groups in total. The highest BCUT2D eigenvalue weighted by Crippen LogP contribution is 2.35. The highest BCUT2D eigenvalue weighted by molar-refractivity contribution is 9.10. The lowest BCUT2D eigenvalue weighted by atomic mass is 10.2. The number of nitrogens with one attached hydrogen (secondary N) is 2. The van der Waals surface area contributed by atoms with Crippen LogP contribution in [0, 0.1) is 0 Å². The Morgan fingerprint density at radius 3 is 2.62 bits per heavy atom. The fourth-order valence-corrected chi connectivity index (χ4v) is 5.02. The van der Waals surface area contributed by atoms with E-state index in [-0.39, 0.29) is 18.7 Å². The maximum absolute atomic E-state index is 13.0. The zero-order chi connectivity index (χ0) is 30.3. The quantitative estimate of drug-likeness (QED) is 0.121. The molecule has 4 aromatic rings. The van der Waals surface area contributed by atoms with Gasteiger partial charge in [-0.1, -0.05) is 35.3 Å². The number of nitrogens with zero attached hydrogens (tertiary/aromatic N) is 2. The molecule has 14 heteroatoms. The van der Waals surface area contributed by atoms with Crippen LogP contribution in [0.1, 0.15) is 29.3 Å². The molecule has 0 fully saturated rings. The molecule has 220 valence electrons. The number of ether oxygens (including phenoxy) is 2. The topological polar surface area (TPSA) is 84.8 Å². The van der Waals surface area contributed by atoms with E-state index < -0.39 is 17.6 Å². The normalized spacial score (nSPS) is 11.5. The number of aromatic nitrogens is 1. The highest BCUT2D eigenvalue weighted by atomic mass is 79.9. The van der Waals surface area contributed by atoms with Gasteiger partial charge in [-0.15, -0.1) is 11.3 Å². The number of amides is 1. The second kappa shape index (κ2) is 14.2. The number of benzene rings is 3. The number of anilines is 2. The lowest BCUT2D eigenvalue weighted by molar-refractivity contribution is -0.137. The molecule has 0 radical (unpaired) electrons. The van der Waals surface area contributed by atoms with Gasteiger partial charge in [0, 0.05) is 21.1 Å². The van der Waals surface area contributed by atoms with Crippen molar-refractivity contribution >= 4 is 73.4 Å². The predicted molar refractivity (Wildman–Crippen MR) is 162 cm³/mol. The second-order valence-electron chi connectivity index (χ2n) is 8.61. The fourth-order valence-electron chi connectivity index (χ4n) is 3.54. The molecule has 0 aliphatic carbocycles. The van der Waals surface area contributed by atoms with Crippen LogP contribution in [0.25, 0.3) is 0 Å². The van der Waals surface area contributed by atoms with E-state index in [0.29, 0.717) is 49.0 Å². The van der Waals surface area contributed by atoms with Gasteiger partial charge in [0.05, 0.1) is 40.5 Å². The van der Waals surface area contributed by atoms with Gasteiger partial charge in [0.15, 0.2) is 16.6 Å². The Kier molecular flexibility index (Phi) is 10.7. The smallest absolute Gasteiger partial charge is 0.416 e. The number of carbonyl (C=O) groups is 1. The third-order valence-electron chi connectivity index (χ3n) is 5.47. The van der Waals surface area contributed by atoms with Gasteiger partial charge in [0.25, 0.3) is 0 Å². The summed E-state index contributed by atoms with van der Waals surface area (Å²) in [7, 11) is 0. The van der Waals surface area contributed by atoms with Crippen molar-refractivity contribution in [3.8, 4) is 11.5 Å². The average Bonchev–Trinajstić information content (AvgIpc) is 3.37. The van der Waals surface area contributed by atoms with Crippen LogP contribution in [0.15, 0.2) is 69.6 Å². The third kappa shape index (κ3) is 8.84. The van der Waals surface area contributed by atoms with Crippen LogP contribution in [-0.4, -0.2) is 23.7 Å². The first-order valence-electron chi connectivity index (χ1n) is 12.3. The van der Waals surface area contributed by atoms with Crippen molar-refractivity contribution in [1.82, 2.24) is 10.4 Å². The van der Waals surface area contributed by atoms with Gasteiger partial charge in [-0.2, -0.15) is 18.3 Å². The van der Waals surface area contributed by atoms with Crippen LogP contribution < -0.4 is 20.2 Å². The molecule has 3 aromatic carbocycles. The standard InChI is InChI=1S/C28H22BrCl2F3N4O3S/c1-2-40-24-9-17(21(29)12-25(24)41-14-16-6-7-22(30)23(31)8-16)13-35-38-26(39)11-20-15-42-27(37-20)36-19-5-3-4-18(10-19)28(32,33)34/h3-10,12-13,15H,2,11,14H2,1H3,(H,36,37)(H,38,39)/b35-13-. The van der Waals surface area contributed by atoms with Gasteiger partial charge in [-0.25, -0.2) is 10.4 Å². The van der Waals surface area contributed by atoms with Crippen molar-refractivity contribution in [2.24, 2.45) is 5.10 Å². The number of rotatable bonds is 11. The SMILES string of the molecule is CCOc1cc(/C=N\NC(=O)Cc2csc(Nc3cccc(C(F)(F)F)c3)n2)c(Br)cc1OCc1ccc(Cl)c(Cl)c1. The van der Waals surface area contributed by atoms with Gasteiger partial charge in [0.2, 0.25) is 5.91 Å². The minimum atomic E-state index is -4.45. The molecule has 0 atom stereocenters. The van der Waals surface area contributed by atoms with E-state index in [1.807, 2.05) is 13.0 Å². The van der Waals surface area contributed by atoms with Crippen molar-refractivity contribution in [3.63, 3.8) is 0 Å². The zero-order valence-corrected chi connectivity index (χ0v) is 25.7. The van der Waals surface area contributed by atoms with Crippen molar-refractivity contribution in [2.75, 3.05) is 11.9 Å². The van der Waals surface area contributed by atoms with Crippen molar-refractivity contribution in [1.29, 1.82) is 0 Å². The third-order valence-corrected chi connectivity index (χ3v) is 7.70. The first kappa shape index (κ1) is 31.6. The van der Waals surface area contributed by atoms with Crippen molar-refractivity contribution < 1.29 is 27.4 Å². The monoisotopic (exact) mass is 700 g/mol. The predicted octanol–water partition coefficient (Wildman–Crippen LogP) is 8.65. The van der Waals surface area contributed by atoms with Gasteiger partial charge >= 0.3 is 6.18 Å². The number of hydrogen-bond donors (Lipinski definition) is 2. The number of alkyl halides is 3. The molecule has 0 aliphatic heterocycles. The van der Waals surface area contributed by atoms with Crippen molar-refractivity contribution in [3.05, 3.63) is 96.9 Å². The molecule has 0 aliphatic rings. The summed E-state index contributed by atoms with van der Waals surface area (Å²) in [4.78, 5) is 16.7. The molecule has 0 spiro atoms. The van der Waals surface area contributed by atoms with Crippen LogP contribution in [0.5, 0.6) is 11.5 Å². The van der Waals surface area contributed by atoms with Crippen LogP contribution >= 0.6 is 50.5 Å². The lowest BCUT2D eigenvalue weighted by Gasteiger charge is -2.14. The van der Waals surface area contributed by atoms with Gasteiger partial charge in [-0.3, -0.25) is 4.79 Å². The second-order valence-corrected chi connectivity index (χ2v) is 11.1. The molecule has 42 heavy (non-hydrogen) atoms. The first-order chi connectivity index (χ1) is 20.0. The van der Waals surface area contributed by atoms with Crippen LogP contribution in [0.3, 0.4) is 0 Å². The fraction of sp³-hybridized carbons (Fsp3) is 0.179. The molecular formula is C28H22BrCl2F3N4O3S. The summed E-state index contributed by atoms with van der Waals surface area (Å²) >= 11 is 16.7. The van der Waals surface area contributed by atoms with E-state index in [1.54, 1.807) is 29.6 Å². The molecule has 1 heterocycles. The molecule has 0 bridgehead atoms. The van der Waals surface area contributed by atoms with E-state index in [9.17, 15) is 18.0 Å². The van der Waals surface area contributed by atoms with Gasteiger partial charge < -0.3 is 14.8 Å². The van der Waals surface area contributed by atoms with Crippen LogP contribution in [0.4, 0.5) is 24.0 Å². The summed E-state index contributed by atoms with van der Waals surface area (Å²) in [5, 5.41) is 9.74. The number of hydrazone groups is 1. The Labute approximate surface area is 261 Å². The molecule has 0 saturated carbocycles. The highest BCUT2D eigenvalue weighted by Gasteiger charge is 2.30. The van der Waals surface area contributed by atoms with Gasteiger partial charge in [0.1, 0.15) is 6.61 Å². The lowest BCUT2D eigenvalue weighted by Crippen LogP contribution is -2.20. The zero-order valence-electron chi connectivity index (χ0n) is 21.8. The van der Waals surface area contributed by atoms with Crippen LogP contribution in [0.2, 0.25) is 10.0 Å². The largest absolute Gasteiger partial charge is 0.490 e. The molecule has 1 amide bonds. The average molecular weight is 702 g/mol. The summed E-state index contributed by atoms with van der Waals surface area (Å²) in [6.45, 7) is 2.48. The number of hydrogen-bond acceptors (Lipinski definition) is 7. The molecule has 0 unspecified atom stereocenters. The van der Waals surface area contributed by atoms with Crippen LogP contribution in [-0.2, 0) is 24.0 Å². The number of carbonyl (C=O) groups excluding carboxylic acids is 1. The molecular weight excluding hydrogens is 680 g/mol. The Morgan fingerprint density at radius 2 is 1.88 bits per heavy atom. The van der Waals surface area contributed by atoms with E-state index in [1.165, 1.54) is 29.7 Å². The van der Waals surface area contributed by atoms with E-state index >= 15 is 0 Å². The minimum Gasteiger partial charge on any atom is -0.490 e. The Morgan fingerprint density at radius 1 is 1.10 bits per heavy atom. The summed E-state index contributed by atoms with van der Waals surface area (Å²) in [5.41, 5.74) is 3.80.